The second-order valence-corrected chi connectivity index (χ2v) is 10.4. The van der Waals surface area contributed by atoms with E-state index in [9.17, 15) is 10.2 Å². The van der Waals surface area contributed by atoms with Crippen LogP contribution in [-0.2, 0) is 0 Å². The molecule has 1 aromatic carbocycles. The molecule has 0 amide bonds. The molecule has 1 saturated carbocycles. The number of fused-ring (bicyclic) bond motifs is 2. The molecule has 5 N–H and O–H groups in total. The van der Waals surface area contributed by atoms with E-state index in [0.717, 1.165) is 26.3 Å². The van der Waals surface area contributed by atoms with Crippen LogP contribution in [0.3, 0.4) is 0 Å². The Morgan fingerprint density at radius 1 is 1.18 bits per heavy atom. The second-order valence-electron chi connectivity index (χ2n) is 9.14. The molecule has 2 aliphatic rings. The molecule has 3 aromatic heterocycles. The number of rotatable bonds is 2. The number of hydrogen-bond donors (Lipinski definition) is 4. The number of aliphatic hydroxyl groups excluding tert-OH is 2. The van der Waals surface area contributed by atoms with Crippen molar-refractivity contribution < 1.29 is 10.2 Å². The maximum absolute atomic E-state index is 11.2. The first-order chi connectivity index (χ1) is 15.9. The minimum absolute atomic E-state index is 0.0404. The van der Waals surface area contributed by atoms with Gasteiger partial charge in [-0.3, -0.25) is 0 Å². The largest absolute Gasteiger partial charge is 0.390 e. The second kappa shape index (κ2) is 7.61. The first-order valence-corrected chi connectivity index (χ1v) is 12.0. The summed E-state index contributed by atoms with van der Waals surface area (Å²) in [4.78, 5) is 12.9. The Morgan fingerprint density at radius 2 is 2.03 bits per heavy atom. The number of halogens is 2. The van der Waals surface area contributed by atoms with E-state index >= 15 is 0 Å². The summed E-state index contributed by atoms with van der Waals surface area (Å²) in [5, 5.41) is 27.9. The van der Waals surface area contributed by atoms with Gasteiger partial charge in [0.05, 0.1) is 27.5 Å². The number of benzene rings is 1. The maximum atomic E-state index is 11.2. The van der Waals surface area contributed by atoms with E-state index in [4.69, 9.17) is 17.3 Å². The first kappa shape index (κ1) is 21.2. The van der Waals surface area contributed by atoms with E-state index < -0.39 is 17.6 Å². The van der Waals surface area contributed by atoms with Gasteiger partial charge in [-0.1, -0.05) is 23.7 Å². The number of anilines is 1. The van der Waals surface area contributed by atoms with Crippen molar-refractivity contribution in [3.05, 3.63) is 58.0 Å². The van der Waals surface area contributed by atoms with Gasteiger partial charge in [-0.25, -0.2) is 15.0 Å². The number of nitrogens with two attached hydrogens (primary N) is 1. The first-order valence-electron chi connectivity index (χ1n) is 10.8. The van der Waals surface area contributed by atoms with Gasteiger partial charge in [0.25, 0.3) is 0 Å². The normalized spacial score (nSPS) is 29.6. The highest BCUT2D eigenvalue weighted by Gasteiger charge is 2.56. The molecule has 4 aromatic rings. The van der Waals surface area contributed by atoms with E-state index in [1.54, 1.807) is 0 Å². The molecule has 33 heavy (non-hydrogen) atoms. The molecule has 5 atom stereocenters. The number of pyridine rings is 1. The molecule has 6 rings (SSSR count). The molecule has 1 unspecified atom stereocenters. The zero-order valence-corrected chi connectivity index (χ0v) is 19.8. The monoisotopic (exact) mass is 528 g/mol. The zero-order chi connectivity index (χ0) is 22.9. The van der Waals surface area contributed by atoms with Crippen molar-refractivity contribution in [3.63, 3.8) is 0 Å². The van der Waals surface area contributed by atoms with Crippen molar-refractivity contribution in [1.29, 1.82) is 0 Å². The van der Waals surface area contributed by atoms with Crippen LogP contribution in [-0.4, -0.2) is 48.5 Å². The van der Waals surface area contributed by atoms with Crippen LogP contribution in [0, 0.1) is 5.41 Å². The van der Waals surface area contributed by atoms with Crippen molar-refractivity contribution in [2.45, 2.75) is 37.1 Å². The Bertz CT molecular complexity index is 1400. The topological polar surface area (TPSA) is 122 Å². The third-order valence-electron chi connectivity index (χ3n) is 7.32. The van der Waals surface area contributed by atoms with Gasteiger partial charge in [0.2, 0.25) is 0 Å². The number of aliphatic hydroxyl groups is 2. The molecule has 0 radical (unpaired) electrons. The fourth-order valence-corrected chi connectivity index (χ4v) is 6.08. The van der Waals surface area contributed by atoms with Crippen LogP contribution < -0.4 is 11.1 Å². The Morgan fingerprint density at radius 3 is 2.88 bits per heavy atom. The van der Waals surface area contributed by atoms with Crippen LogP contribution >= 0.6 is 27.5 Å². The number of nitrogens with one attached hydrogen (secondary N) is 1. The van der Waals surface area contributed by atoms with Crippen molar-refractivity contribution in [1.82, 2.24) is 24.8 Å². The highest BCUT2D eigenvalue weighted by molar-refractivity contribution is 9.10. The van der Waals surface area contributed by atoms with Crippen LogP contribution in [0.4, 0.5) is 5.82 Å². The summed E-state index contributed by atoms with van der Waals surface area (Å²) in [6, 6.07) is 9.70. The standard InChI is InChI=1S/C23H22BrClN6O2/c24-14-5-11-1-2-12(6-15(11)30-20(14)25)16-7-23(9-27-16)8-17(18(32)19(23)33)31-4-3-13-21(26)28-10-29-22(13)31/h1-6,10,16-19,27,32-33H,7-9H2,(H2,26,28,29)/t16?,17-,18+,19+,23+/m1/s1. The average molecular weight is 530 g/mol. The zero-order valence-electron chi connectivity index (χ0n) is 17.5. The van der Waals surface area contributed by atoms with Crippen LogP contribution in [0.25, 0.3) is 21.9 Å². The summed E-state index contributed by atoms with van der Waals surface area (Å²) in [6.45, 7) is 0.606. The third kappa shape index (κ3) is 3.25. The summed E-state index contributed by atoms with van der Waals surface area (Å²) in [5.74, 6) is 0.404. The minimum Gasteiger partial charge on any atom is -0.390 e. The predicted molar refractivity (Wildman–Crippen MR) is 130 cm³/mol. The van der Waals surface area contributed by atoms with Crippen molar-refractivity contribution in [2.24, 2.45) is 5.41 Å². The van der Waals surface area contributed by atoms with E-state index in [-0.39, 0.29) is 12.1 Å². The fourth-order valence-electron chi connectivity index (χ4n) is 5.60. The lowest BCUT2D eigenvalue weighted by Crippen LogP contribution is -2.38. The molecule has 10 heteroatoms. The molecule has 1 aliphatic carbocycles. The van der Waals surface area contributed by atoms with E-state index in [1.165, 1.54) is 6.33 Å². The fraction of sp³-hybridized carbons (Fsp3) is 0.348. The smallest absolute Gasteiger partial charge is 0.145 e. The molecule has 2 fully saturated rings. The molecule has 4 heterocycles. The van der Waals surface area contributed by atoms with Gasteiger partial charge in [0.15, 0.2) is 0 Å². The number of nitrogens with zero attached hydrogens (tertiary/aromatic N) is 4. The summed E-state index contributed by atoms with van der Waals surface area (Å²) >= 11 is 9.62. The van der Waals surface area contributed by atoms with Crippen LogP contribution in [0.2, 0.25) is 5.15 Å². The Hall–Kier alpha value is -2.30. The number of nitrogen functional groups attached to an aromatic ring is 1. The lowest BCUT2D eigenvalue weighted by atomic mass is 9.80. The highest BCUT2D eigenvalue weighted by atomic mass is 79.9. The van der Waals surface area contributed by atoms with Gasteiger partial charge >= 0.3 is 0 Å². The van der Waals surface area contributed by atoms with Gasteiger partial charge in [-0.2, -0.15) is 0 Å². The van der Waals surface area contributed by atoms with Crippen LogP contribution in [0.1, 0.15) is 30.5 Å². The van der Waals surface area contributed by atoms with E-state index in [1.807, 2.05) is 35.0 Å². The lowest BCUT2D eigenvalue weighted by molar-refractivity contribution is -0.0218. The lowest BCUT2D eigenvalue weighted by Gasteiger charge is -2.27. The summed E-state index contributed by atoms with van der Waals surface area (Å²) < 4.78 is 2.68. The predicted octanol–water partition coefficient (Wildman–Crippen LogP) is 3.37. The summed E-state index contributed by atoms with van der Waals surface area (Å²) in [6.07, 6.45) is 2.84. The Labute approximate surface area is 202 Å². The number of hydrogen-bond acceptors (Lipinski definition) is 7. The van der Waals surface area contributed by atoms with Gasteiger partial charge in [-0.05, 0) is 52.5 Å². The molecule has 8 nitrogen and oxygen atoms in total. The molecular weight excluding hydrogens is 508 g/mol. The maximum Gasteiger partial charge on any atom is 0.145 e. The van der Waals surface area contributed by atoms with E-state index in [0.29, 0.717) is 36.0 Å². The molecule has 0 bridgehead atoms. The Balaban J connectivity index is 1.30. The van der Waals surface area contributed by atoms with Crippen molar-refractivity contribution in [3.8, 4) is 0 Å². The molecule has 1 saturated heterocycles. The molecule has 170 valence electrons. The SMILES string of the molecule is Nc1ncnc2c1ccn2[C@@H]1C[C@@]2(CNC(c3ccc4cc(Br)c(Cl)nc4c3)C2)[C@@H](O)[C@H]1O. The van der Waals surface area contributed by atoms with Gasteiger partial charge in [0.1, 0.15) is 29.0 Å². The third-order valence-corrected chi connectivity index (χ3v) is 8.44. The molecular formula is C23H22BrClN6O2. The molecule has 1 spiro atoms. The van der Waals surface area contributed by atoms with Crippen molar-refractivity contribution >= 4 is 55.3 Å². The highest BCUT2D eigenvalue weighted by Crippen LogP contribution is 2.52. The summed E-state index contributed by atoms with van der Waals surface area (Å²) in [7, 11) is 0. The van der Waals surface area contributed by atoms with Gasteiger partial charge in [0, 0.05) is 29.6 Å². The quantitative estimate of drug-likeness (QED) is 0.294. The van der Waals surface area contributed by atoms with Crippen LogP contribution in [0.15, 0.2) is 47.3 Å². The van der Waals surface area contributed by atoms with E-state index in [2.05, 4.69) is 42.3 Å². The average Bonchev–Trinajstić information content (AvgIpc) is 3.48. The van der Waals surface area contributed by atoms with Crippen LogP contribution in [0.5, 0.6) is 0 Å². The molecule has 1 aliphatic heterocycles. The minimum atomic E-state index is -0.910. The van der Waals surface area contributed by atoms with Gasteiger partial charge in [-0.15, -0.1) is 0 Å². The Kier molecular flexibility index (Phi) is 4.90. The summed E-state index contributed by atoms with van der Waals surface area (Å²) in [5.41, 5.74) is 8.11. The number of aromatic nitrogens is 4. The van der Waals surface area contributed by atoms with Gasteiger partial charge < -0.3 is 25.8 Å². The van der Waals surface area contributed by atoms with Crippen molar-refractivity contribution in [2.75, 3.05) is 12.3 Å².